The summed E-state index contributed by atoms with van der Waals surface area (Å²) in [6, 6.07) is 0. The van der Waals surface area contributed by atoms with Crippen LogP contribution >= 0.6 is 0 Å². The van der Waals surface area contributed by atoms with Gasteiger partial charge in [0.1, 0.15) is 0 Å². The largest absolute Gasteiger partial charge is 0.390 e. The quantitative estimate of drug-likeness (QED) is 0.690. The molecule has 1 rings (SSSR count). The Bertz CT molecular complexity index is 121. The predicted molar refractivity (Wildman–Crippen MR) is 52.1 cm³/mol. The summed E-state index contributed by atoms with van der Waals surface area (Å²) in [5.41, 5.74) is -0.304. The SMILES string of the molecule is CCC(CC)C1(O)CCCCC1. The van der Waals surface area contributed by atoms with Gasteiger partial charge < -0.3 is 5.11 Å². The molecule has 1 N–H and O–H groups in total. The fraction of sp³-hybridized carbons (Fsp3) is 1.00. The van der Waals surface area contributed by atoms with E-state index in [0.29, 0.717) is 5.92 Å². The first kappa shape index (κ1) is 10.0. The molecule has 1 fully saturated rings. The van der Waals surface area contributed by atoms with Crippen molar-refractivity contribution in [3.8, 4) is 0 Å². The van der Waals surface area contributed by atoms with Crippen LogP contribution in [0.1, 0.15) is 58.8 Å². The topological polar surface area (TPSA) is 20.2 Å². The second kappa shape index (κ2) is 4.27. The first-order valence-corrected chi connectivity index (χ1v) is 5.45. The molecule has 0 spiro atoms. The van der Waals surface area contributed by atoms with E-state index in [9.17, 15) is 5.11 Å². The van der Waals surface area contributed by atoms with Gasteiger partial charge in [-0.15, -0.1) is 0 Å². The maximum absolute atomic E-state index is 10.3. The first-order chi connectivity index (χ1) is 5.73. The zero-order valence-corrected chi connectivity index (χ0v) is 8.47. The highest BCUT2D eigenvalue weighted by atomic mass is 16.3. The summed E-state index contributed by atoms with van der Waals surface area (Å²) in [5, 5.41) is 10.3. The van der Waals surface area contributed by atoms with Gasteiger partial charge in [0.25, 0.3) is 0 Å². The van der Waals surface area contributed by atoms with E-state index in [0.717, 1.165) is 25.7 Å². The molecular weight excluding hydrogens is 148 g/mol. The third kappa shape index (κ3) is 2.01. The Morgan fingerprint density at radius 1 is 1.08 bits per heavy atom. The van der Waals surface area contributed by atoms with Crippen LogP contribution in [0.15, 0.2) is 0 Å². The Balaban J connectivity index is 2.53. The van der Waals surface area contributed by atoms with Crippen molar-refractivity contribution in [1.82, 2.24) is 0 Å². The minimum Gasteiger partial charge on any atom is -0.390 e. The molecule has 0 aromatic carbocycles. The van der Waals surface area contributed by atoms with E-state index in [1.54, 1.807) is 0 Å². The van der Waals surface area contributed by atoms with Crippen LogP contribution in [0.25, 0.3) is 0 Å². The molecule has 0 aliphatic heterocycles. The number of hydrogen-bond acceptors (Lipinski definition) is 1. The number of hydrogen-bond donors (Lipinski definition) is 1. The molecule has 0 saturated heterocycles. The molecule has 1 heteroatoms. The van der Waals surface area contributed by atoms with Crippen molar-refractivity contribution in [3.05, 3.63) is 0 Å². The summed E-state index contributed by atoms with van der Waals surface area (Å²) in [6.07, 6.45) is 8.13. The van der Waals surface area contributed by atoms with Gasteiger partial charge in [0.05, 0.1) is 5.60 Å². The summed E-state index contributed by atoms with van der Waals surface area (Å²) < 4.78 is 0. The van der Waals surface area contributed by atoms with Crippen molar-refractivity contribution >= 4 is 0 Å². The molecule has 1 aliphatic carbocycles. The lowest BCUT2D eigenvalue weighted by atomic mass is 9.73. The zero-order chi connectivity index (χ0) is 9.03. The standard InChI is InChI=1S/C11H22O/c1-3-10(4-2)11(12)8-6-5-7-9-11/h10,12H,3-9H2,1-2H3. The van der Waals surface area contributed by atoms with Gasteiger partial charge in [0.2, 0.25) is 0 Å². The van der Waals surface area contributed by atoms with Gasteiger partial charge in [-0.3, -0.25) is 0 Å². The monoisotopic (exact) mass is 170 g/mol. The van der Waals surface area contributed by atoms with Crippen molar-refractivity contribution in [2.45, 2.75) is 64.4 Å². The van der Waals surface area contributed by atoms with E-state index in [4.69, 9.17) is 0 Å². The molecule has 72 valence electrons. The van der Waals surface area contributed by atoms with Gasteiger partial charge in [-0.1, -0.05) is 46.0 Å². The minimum absolute atomic E-state index is 0.304. The molecule has 1 nitrogen and oxygen atoms in total. The molecule has 0 unspecified atom stereocenters. The normalized spacial score (nSPS) is 23.0. The second-order valence-corrected chi connectivity index (χ2v) is 4.18. The molecule has 0 aromatic heterocycles. The smallest absolute Gasteiger partial charge is 0.0675 e. The van der Waals surface area contributed by atoms with E-state index in [2.05, 4.69) is 13.8 Å². The van der Waals surface area contributed by atoms with Gasteiger partial charge in [0, 0.05) is 0 Å². The van der Waals surface area contributed by atoms with Crippen LogP contribution < -0.4 is 0 Å². The summed E-state index contributed by atoms with van der Waals surface area (Å²) in [4.78, 5) is 0. The van der Waals surface area contributed by atoms with Gasteiger partial charge in [-0.2, -0.15) is 0 Å². The molecule has 0 radical (unpaired) electrons. The van der Waals surface area contributed by atoms with Crippen LogP contribution in [-0.2, 0) is 0 Å². The maximum atomic E-state index is 10.3. The predicted octanol–water partition coefficient (Wildman–Crippen LogP) is 3.12. The van der Waals surface area contributed by atoms with Crippen LogP contribution in [0.2, 0.25) is 0 Å². The maximum Gasteiger partial charge on any atom is 0.0675 e. The Labute approximate surface area is 76.2 Å². The Morgan fingerprint density at radius 3 is 2.00 bits per heavy atom. The fourth-order valence-electron chi connectivity index (χ4n) is 2.62. The van der Waals surface area contributed by atoms with E-state index >= 15 is 0 Å². The van der Waals surface area contributed by atoms with E-state index < -0.39 is 0 Å². The lowest BCUT2D eigenvalue weighted by molar-refractivity contribution is -0.0518. The Morgan fingerprint density at radius 2 is 1.58 bits per heavy atom. The summed E-state index contributed by atoms with van der Waals surface area (Å²) in [5.74, 6) is 0.540. The van der Waals surface area contributed by atoms with Gasteiger partial charge >= 0.3 is 0 Å². The van der Waals surface area contributed by atoms with Crippen molar-refractivity contribution in [1.29, 1.82) is 0 Å². The van der Waals surface area contributed by atoms with Crippen LogP contribution in [-0.4, -0.2) is 10.7 Å². The summed E-state index contributed by atoms with van der Waals surface area (Å²) in [6.45, 7) is 4.39. The van der Waals surface area contributed by atoms with Crippen molar-refractivity contribution in [3.63, 3.8) is 0 Å². The molecule has 0 heterocycles. The average Bonchev–Trinajstić information content (AvgIpc) is 2.07. The Kier molecular flexibility index (Phi) is 3.57. The van der Waals surface area contributed by atoms with E-state index in [-0.39, 0.29) is 5.60 Å². The molecule has 0 aromatic rings. The highest BCUT2D eigenvalue weighted by Crippen LogP contribution is 2.37. The van der Waals surface area contributed by atoms with Crippen molar-refractivity contribution in [2.24, 2.45) is 5.92 Å². The van der Waals surface area contributed by atoms with Crippen molar-refractivity contribution in [2.75, 3.05) is 0 Å². The lowest BCUT2D eigenvalue weighted by Gasteiger charge is -2.38. The van der Waals surface area contributed by atoms with Crippen LogP contribution in [0, 0.1) is 5.92 Å². The highest BCUT2D eigenvalue weighted by molar-refractivity contribution is 4.87. The van der Waals surface area contributed by atoms with E-state index in [1.165, 1.54) is 19.3 Å². The number of aliphatic hydroxyl groups is 1. The van der Waals surface area contributed by atoms with Gasteiger partial charge in [0.15, 0.2) is 0 Å². The molecule has 1 saturated carbocycles. The van der Waals surface area contributed by atoms with Crippen LogP contribution in [0.3, 0.4) is 0 Å². The average molecular weight is 170 g/mol. The molecule has 0 amide bonds. The minimum atomic E-state index is -0.304. The Hall–Kier alpha value is -0.0400. The molecule has 0 atom stereocenters. The van der Waals surface area contributed by atoms with E-state index in [1.807, 2.05) is 0 Å². The zero-order valence-electron chi connectivity index (χ0n) is 8.47. The number of rotatable bonds is 3. The first-order valence-electron chi connectivity index (χ1n) is 5.45. The fourth-order valence-corrected chi connectivity index (χ4v) is 2.62. The van der Waals surface area contributed by atoms with Crippen LogP contribution in [0.4, 0.5) is 0 Å². The molecule has 1 aliphatic rings. The highest BCUT2D eigenvalue weighted by Gasteiger charge is 2.35. The lowest BCUT2D eigenvalue weighted by Crippen LogP contribution is -2.39. The van der Waals surface area contributed by atoms with Gasteiger partial charge in [-0.05, 0) is 18.8 Å². The van der Waals surface area contributed by atoms with Crippen LogP contribution in [0.5, 0.6) is 0 Å². The summed E-state index contributed by atoms with van der Waals surface area (Å²) >= 11 is 0. The summed E-state index contributed by atoms with van der Waals surface area (Å²) in [7, 11) is 0. The second-order valence-electron chi connectivity index (χ2n) is 4.18. The third-order valence-electron chi connectivity index (χ3n) is 3.46. The molecule has 0 bridgehead atoms. The molecular formula is C11H22O. The third-order valence-corrected chi connectivity index (χ3v) is 3.46. The van der Waals surface area contributed by atoms with Gasteiger partial charge in [-0.25, -0.2) is 0 Å². The molecule has 12 heavy (non-hydrogen) atoms. The van der Waals surface area contributed by atoms with Crippen molar-refractivity contribution < 1.29 is 5.11 Å².